The summed E-state index contributed by atoms with van der Waals surface area (Å²) >= 11 is 0. The number of amides is 1. The number of hydrogen-bond acceptors (Lipinski definition) is 2. The number of carbonyl (C=O) groups excluding carboxylic acids is 1. The minimum atomic E-state index is 0.0682. The van der Waals surface area contributed by atoms with E-state index < -0.39 is 0 Å². The van der Waals surface area contributed by atoms with Gasteiger partial charge in [-0.05, 0) is 6.42 Å². The molecule has 0 aliphatic rings. The Morgan fingerprint density at radius 3 is 3.00 bits per heavy atom. The molecule has 0 bridgehead atoms. The Hall–Kier alpha value is -1.32. The van der Waals surface area contributed by atoms with Crippen molar-refractivity contribution in [2.24, 2.45) is 5.92 Å². The van der Waals surface area contributed by atoms with Gasteiger partial charge in [0.1, 0.15) is 5.82 Å². The lowest BCUT2D eigenvalue weighted by molar-refractivity contribution is -0.123. The first-order valence-corrected chi connectivity index (χ1v) is 4.96. The Balaban J connectivity index is 2.08. The van der Waals surface area contributed by atoms with E-state index in [1.165, 1.54) is 0 Å². The first-order valence-electron chi connectivity index (χ1n) is 4.96. The first-order chi connectivity index (χ1) is 6.70. The molecule has 0 atom stereocenters. The van der Waals surface area contributed by atoms with E-state index >= 15 is 0 Å². The van der Waals surface area contributed by atoms with Crippen LogP contribution in [0.3, 0.4) is 0 Å². The molecule has 0 saturated heterocycles. The maximum atomic E-state index is 11.2. The highest BCUT2D eigenvalue weighted by Gasteiger charge is 2.04. The Labute approximate surface area is 84.1 Å². The van der Waals surface area contributed by atoms with Gasteiger partial charge in [-0.2, -0.15) is 0 Å². The van der Waals surface area contributed by atoms with Crippen molar-refractivity contribution in [1.82, 2.24) is 15.3 Å². The van der Waals surface area contributed by atoms with Crippen molar-refractivity contribution in [2.45, 2.75) is 26.7 Å². The summed E-state index contributed by atoms with van der Waals surface area (Å²) in [5.74, 6) is 1.16. The molecule has 0 fully saturated rings. The fourth-order valence-corrected chi connectivity index (χ4v) is 1.11. The van der Waals surface area contributed by atoms with Crippen LogP contribution in [-0.4, -0.2) is 22.4 Å². The van der Waals surface area contributed by atoms with Crippen LogP contribution in [0.25, 0.3) is 0 Å². The molecule has 14 heavy (non-hydrogen) atoms. The highest BCUT2D eigenvalue weighted by atomic mass is 16.1. The van der Waals surface area contributed by atoms with E-state index in [1.54, 1.807) is 6.20 Å². The zero-order valence-electron chi connectivity index (χ0n) is 8.71. The van der Waals surface area contributed by atoms with Gasteiger partial charge in [0.15, 0.2) is 0 Å². The summed E-state index contributed by atoms with van der Waals surface area (Å²) in [5, 5.41) is 2.86. The number of rotatable bonds is 5. The summed E-state index contributed by atoms with van der Waals surface area (Å²) in [6.07, 6.45) is 5.35. The molecule has 0 radical (unpaired) electrons. The molecule has 0 aliphatic carbocycles. The van der Waals surface area contributed by atoms with Gasteiger partial charge in [-0.1, -0.05) is 13.8 Å². The van der Waals surface area contributed by atoms with Gasteiger partial charge in [0.05, 0.1) is 0 Å². The van der Waals surface area contributed by atoms with Crippen molar-refractivity contribution in [2.75, 3.05) is 6.54 Å². The smallest absolute Gasteiger partial charge is 0.222 e. The van der Waals surface area contributed by atoms with Crippen LogP contribution in [0.5, 0.6) is 0 Å². The summed E-state index contributed by atoms with van der Waals surface area (Å²) in [5.41, 5.74) is 0. The number of carbonyl (C=O) groups is 1. The molecule has 1 heterocycles. The molecule has 4 nitrogen and oxygen atoms in total. The van der Waals surface area contributed by atoms with Crippen molar-refractivity contribution in [3.8, 4) is 0 Å². The molecule has 1 rings (SSSR count). The highest BCUT2D eigenvalue weighted by Crippen LogP contribution is 1.95. The number of aromatic nitrogens is 2. The first kappa shape index (κ1) is 10.8. The van der Waals surface area contributed by atoms with Crippen molar-refractivity contribution >= 4 is 5.91 Å². The summed E-state index contributed by atoms with van der Waals surface area (Å²) in [6, 6.07) is 0. The van der Waals surface area contributed by atoms with Gasteiger partial charge in [0.25, 0.3) is 0 Å². The van der Waals surface area contributed by atoms with Crippen LogP contribution >= 0.6 is 0 Å². The number of aryl methyl sites for hydroxylation is 1. The number of aromatic amines is 1. The van der Waals surface area contributed by atoms with E-state index in [1.807, 2.05) is 20.0 Å². The zero-order chi connectivity index (χ0) is 10.4. The topological polar surface area (TPSA) is 57.8 Å². The van der Waals surface area contributed by atoms with Gasteiger partial charge < -0.3 is 10.3 Å². The van der Waals surface area contributed by atoms with E-state index in [4.69, 9.17) is 0 Å². The predicted molar refractivity (Wildman–Crippen MR) is 54.8 cm³/mol. The SMILES string of the molecule is CC(C)C(=O)NCCCc1ncc[nH]1. The molecular weight excluding hydrogens is 178 g/mol. The number of nitrogens with zero attached hydrogens (tertiary/aromatic N) is 1. The van der Waals surface area contributed by atoms with E-state index in [-0.39, 0.29) is 11.8 Å². The van der Waals surface area contributed by atoms with Crippen molar-refractivity contribution in [3.05, 3.63) is 18.2 Å². The third kappa shape index (κ3) is 3.60. The van der Waals surface area contributed by atoms with Gasteiger partial charge in [-0.25, -0.2) is 4.98 Å². The maximum absolute atomic E-state index is 11.2. The van der Waals surface area contributed by atoms with Crippen LogP contribution < -0.4 is 5.32 Å². The Morgan fingerprint density at radius 2 is 2.43 bits per heavy atom. The van der Waals surface area contributed by atoms with Crippen LogP contribution in [-0.2, 0) is 11.2 Å². The van der Waals surface area contributed by atoms with Crippen molar-refractivity contribution in [1.29, 1.82) is 0 Å². The van der Waals surface area contributed by atoms with Gasteiger partial charge in [-0.15, -0.1) is 0 Å². The molecule has 0 aromatic carbocycles. The molecule has 0 aliphatic heterocycles. The number of imidazole rings is 1. The third-order valence-electron chi connectivity index (χ3n) is 1.97. The molecule has 1 aromatic rings. The minimum absolute atomic E-state index is 0.0682. The lowest BCUT2D eigenvalue weighted by atomic mass is 10.2. The standard InChI is InChI=1S/C10H17N3O/c1-8(2)10(14)13-5-3-4-9-11-6-7-12-9/h6-8H,3-5H2,1-2H3,(H,11,12)(H,13,14). The van der Waals surface area contributed by atoms with E-state index in [9.17, 15) is 4.79 Å². The lowest BCUT2D eigenvalue weighted by Crippen LogP contribution is -2.28. The maximum Gasteiger partial charge on any atom is 0.222 e. The van der Waals surface area contributed by atoms with E-state index in [0.29, 0.717) is 0 Å². The number of nitrogens with one attached hydrogen (secondary N) is 2. The summed E-state index contributed by atoms with van der Waals surface area (Å²) in [7, 11) is 0. The molecule has 1 amide bonds. The Kier molecular flexibility index (Phi) is 4.16. The summed E-state index contributed by atoms with van der Waals surface area (Å²) in [6.45, 7) is 4.50. The largest absolute Gasteiger partial charge is 0.356 e. The van der Waals surface area contributed by atoms with Crippen LogP contribution in [0.15, 0.2) is 12.4 Å². The van der Waals surface area contributed by atoms with Crippen LogP contribution in [0.4, 0.5) is 0 Å². The van der Waals surface area contributed by atoms with Crippen LogP contribution in [0.2, 0.25) is 0 Å². The monoisotopic (exact) mass is 195 g/mol. The van der Waals surface area contributed by atoms with Gasteiger partial charge in [0, 0.05) is 31.3 Å². The van der Waals surface area contributed by atoms with Crippen molar-refractivity contribution < 1.29 is 4.79 Å². The second-order valence-corrected chi connectivity index (χ2v) is 3.59. The quantitative estimate of drug-likeness (QED) is 0.691. The molecule has 78 valence electrons. The Morgan fingerprint density at radius 1 is 1.64 bits per heavy atom. The van der Waals surface area contributed by atoms with Gasteiger partial charge >= 0.3 is 0 Å². The number of H-pyrrole nitrogens is 1. The zero-order valence-corrected chi connectivity index (χ0v) is 8.71. The Bertz CT molecular complexity index is 267. The fourth-order valence-electron chi connectivity index (χ4n) is 1.11. The lowest BCUT2D eigenvalue weighted by Gasteiger charge is -2.06. The minimum Gasteiger partial charge on any atom is -0.356 e. The molecule has 2 N–H and O–H groups in total. The van der Waals surface area contributed by atoms with E-state index in [2.05, 4.69) is 15.3 Å². The predicted octanol–water partition coefficient (Wildman–Crippen LogP) is 1.11. The van der Waals surface area contributed by atoms with Gasteiger partial charge in [-0.3, -0.25) is 4.79 Å². The average Bonchev–Trinajstić information content (AvgIpc) is 2.64. The number of hydrogen-bond donors (Lipinski definition) is 2. The normalized spacial score (nSPS) is 10.5. The van der Waals surface area contributed by atoms with Crippen LogP contribution in [0.1, 0.15) is 26.1 Å². The van der Waals surface area contributed by atoms with Gasteiger partial charge in [0.2, 0.25) is 5.91 Å². The fraction of sp³-hybridized carbons (Fsp3) is 0.600. The average molecular weight is 195 g/mol. The molecule has 1 aromatic heterocycles. The molecule has 0 spiro atoms. The van der Waals surface area contributed by atoms with E-state index in [0.717, 1.165) is 25.2 Å². The van der Waals surface area contributed by atoms with Crippen LogP contribution in [0, 0.1) is 5.92 Å². The highest BCUT2D eigenvalue weighted by molar-refractivity contribution is 5.77. The molecule has 4 heteroatoms. The molecule has 0 saturated carbocycles. The molecule has 0 unspecified atom stereocenters. The third-order valence-corrected chi connectivity index (χ3v) is 1.97. The molecular formula is C10H17N3O. The summed E-state index contributed by atoms with van der Waals surface area (Å²) in [4.78, 5) is 18.3. The second-order valence-electron chi connectivity index (χ2n) is 3.59. The second kappa shape index (κ2) is 5.42. The van der Waals surface area contributed by atoms with Crippen molar-refractivity contribution in [3.63, 3.8) is 0 Å². The summed E-state index contributed by atoms with van der Waals surface area (Å²) < 4.78 is 0.